The number of rotatable bonds is 4. The van der Waals surface area contributed by atoms with Crippen molar-refractivity contribution in [2.45, 2.75) is 26.2 Å². The number of primary amides is 1. The third-order valence-corrected chi connectivity index (χ3v) is 4.07. The summed E-state index contributed by atoms with van der Waals surface area (Å²) in [6.07, 6.45) is 6.96. The predicted molar refractivity (Wildman–Crippen MR) is 93.1 cm³/mol. The molecular weight excluding hydrogens is 320 g/mol. The van der Waals surface area contributed by atoms with E-state index in [1.165, 1.54) is 4.90 Å². The van der Waals surface area contributed by atoms with Crippen molar-refractivity contribution in [3.05, 3.63) is 41.9 Å². The van der Waals surface area contributed by atoms with Crippen molar-refractivity contribution in [2.24, 2.45) is 5.73 Å². The molecule has 0 atom stereocenters. The molecule has 130 valence electrons. The number of pyridine rings is 2. The van der Waals surface area contributed by atoms with Crippen molar-refractivity contribution in [1.82, 2.24) is 9.97 Å². The van der Waals surface area contributed by atoms with E-state index in [0.29, 0.717) is 19.0 Å². The summed E-state index contributed by atoms with van der Waals surface area (Å²) >= 11 is 0. The number of ether oxygens (including phenoxy) is 1. The lowest BCUT2D eigenvalue weighted by Crippen LogP contribution is -2.40. The highest BCUT2D eigenvalue weighted by atomic mass is 16.5. The lowest BCUT2D eigenvalue weighted by Gasteiger charge is -2.26. The summed E-state index contributed by atoms with van der Waals surface area (Å²) in [7, 11) is 0. The first-order valence-electron chi connectivity index (χ1n) is 8.24. The van der Waals surface area contributed by atoms with Gasteiger partial charge in [-0.05, 0) is 43.0 Å². The van der Waals surface area contributed by atoms with Crippen LogP contribution in [0.1, 0.15) is 24.5 Å². The van der Waals surface area contributed by atoms with Crippen molar-refractivity contribution >= 4 is 17.8 Å². The number of hydrogen-bond donors (Lipinski definition) is 1. The number of nitrogens with zero attached hydrogens (tertiary/aromatic N) is 3. The third-order valence-electron chi connectivity index (χ3n) is 4.07. The van der Waals surface area contributed by atoms with Gasteiger partial charge in [-0.25, -0.2) is 9.78 Å². The standard InChI is InChI=1S/C18H20N4O3/c1-2-25-16(23)7-12-6-14(10-20-9-12)15-8-13-4-3-5-22(18(19)24)17(13)21-11-15/h6,8-11H,2-5,7H2,1H3,(H2,19,24). The molecule has 0 aliphatic carbocycles. The van der Waals surface area contributed by atoms with Crippen molar-refractivity contribution in [3.8, 4) is 11.1 Å². The maximum Gasteiger partial charge on any atom is 0.320 e. The molecule has 1 aliphatic heterocycles. The second-order valence-electron chi connectivity index (χ2n) is 5.86. The molecule has 0 radical (unpaired) electrons. The van der Waals surface area contributed by atoms with E-state index < -0.39 is 6.03 Å². The summed E-state index contributed by atoms with van der Waals surface area (Å²) in [6, 6.07) is 3.42. The Labute approximate surface area is 145 Å². The molecule has 0 saturated carbocycles. The minimum atomic E-state index is -0.487. The summed E-state index contributed by atoms with van der Waals surface area (Å²) in [5.74, 6) is 0.347. The quantitative estimate of drug-likeness (QED) is 0.859. The number of anilines is 1. The summed E-state index contributed by atoms with van der Waals surface area (Å²) in [4.78, 5) is 33.3. The molecule has 7 nitrogen and oxygen atoms in total. The van der Waals surface area contributed by atoms with Gasteiger partial charge in [0, 0.05) is 36.3 Å². The van der Waals surface area contributed by atoms with E-state index in [0.717, 1.165) is 35.1 Å². The second-order valence-corrected chi connectivity index (χ2v) is 5.86. The van der Waals surface area contributed by atoms with Crippen LogP contribution in [0.15, 0.2) is 30.7 Å². The monoisotopic (exact) mass is 340 g/mol. The fraction of sp³-hybridized carbons (Fsp3) is 0.333. The number of esters is 1. The van der Waals surface area contributed by atoms with Gasteiger partial charge in [-0.1, -0.05) is 0 Å². The number of amides is 2. The predicted octanol–water partition coefficient (Wildman–Crippen LogP) is 2.08. The minimum absolute atomic E-state index is 0.183. The van der Waals surface area contributed by atoms with Crippen LogP contribution in [0.2, 0.25) is 0 Å². The van der Waals surface area contributed by atoms with E-state index in [4.69, 9.17) is 10.5 Å². The van der Waals surface area contributed by atoms with Gasteiger partial charge in [0.1, 0.15) is 5.82 Å². The Balaban J connectivity index is 1.87. The van der Waals surface area contributed by atoms with Gasteiger partial charge >= 0.3 is 12.0 Å². The van der Waals surface area contributed by atoms with Gasteiger partial charge in [0.15, 0.2) is 0 Å². The SMILES string of the molecule is CCOC(=O)Cc1cncc(-c2cnc3c(c2)CCCN3C(N)=O)c1. The first-order valence-corrected chi connectivity index (χ1v) is 8.24. The summed E-state index contributed by atoms with van der Waals surface area (Å²) < 4.78 is 4.97. The molecule has 0 spiro atoms. The number of urea groups is 1. The maximum atomic E-state index is 11.6. The highest BCUT2D eigenvalue weighted by Gasteiger charge is 2.22. The van der Waals surface area contributed by atoms with Crippen molar-refractivity contribution in [3.63, 3.8) is 0 Å². The molecule has 7 heteroatoms. The summed E-state index contributed by atoms with van der Waals surface area (Å²) in [6.45, 7) is 2.73. The van der Waals surface area contributed by atoms with Gasteiger partial charge in [0.05, 0.1) is 13.0 Å². The zero-order chi connectivity index (χ0) is 17.8. The van der Waals surface area contributed by atoms with Gasteiger partial charge in [0.25, 0.3) is 0 Å². The molecule has 2 aromatic heterocycles. The van der Waals surface area contributed by atoms with Crippen LogP contribution in [0.5, 0.6) is 0 Å². The lowest BCUT2D eigenvalue weighted by molar-refractivity contribution is -0.142. The Kier molecular flexibility index (Phi) is 4.92. The van der Waals surface area contributed by atoms with Gasteiger partial charge in [-0.2, -0.15) is 0 Å². The van der Waals surface area contributed by atoms with Crippen LogP contribution in [0.4, 0.5) is 10.6 Å². The molecule has 0 saturated heterocycles. The Hall–Kier alpha value is -2.96. The van der Waals surface area contributed by atoms with E-state index >= 15 is 0 Å². The van der Waals surface area contributed by atoms with Gasteiger partial charge in [-0.3, -0.25) is 14.7 Å². The second kappa shape index (κ2) is 7.29. The largest absolute Gasteiger partial charge is 0.466 e. The van der Waals surface area contributed by atoms with E-state index in [2.05, 4.69) is 9.97 Å². The molecule has 1 aliphatic rings. The Morgan fingerprint density at radius 2 is 2.04 bits per heavy atom. The average Bonchev–Trinajstić information content (AvgIpc) is 2.61. The van der Waals surface area contributed by atoms with E-state index in [1.807, 2.05) is 12.1 Å². The van der Waals surface area contributed by atoms with E-state index in [9.17, 15) is 9.59 Å². The van der Waals surface area contributed by atoms with Gasteiger partial charge < -0.3 is 10.5 Å². The van der Waals surface area contributed by atoms with Crippen LogP contribution in [-0.4, -0.2) is 35.1 Å². The Bertz CT molecular complexity index is 807. The van der Waals surface area contributed by atoms with E-state index in [1.54, 1.807) is 25.5 Å². The molecule has 0 fully saturated rings. The first kappa shape index (κ1) is 16.9. The number of fused-ring (bicyclic) bond motifs is 1. The van der Waals surface area contributed by atoms with Crippen molar-refractivity contribution in [1.29, 1.82) is 0 Å². The third kappa shape index (κ3) is 3.76. The summed E-state index contributed by atoms with van der Waals surface area (Å²) in [5.41, 5.74) is 8.95. The zero-order valence-electron chi connectivity index (χ0n) is 14.1. The van der Waals surface area contributed by atoms with Crippen LogP contribution in [-0.2, 0) is 22.4 Å². The van der Waals surface area contributed by atoms with Crippen molar-refractivity contribution < 1.29 is 14.3 Å². The number of nitrogens with two attached hydrogens (primary N) is 1. The maximum absolute atomic E-state index is 11.6. The number of aromatic nitrogens is 2. The molecule has 0 unspecified atom stereocenters. The van der Waals surface area contributed by atoms with Crippen molar-refractivity contribution in [2.75, 3.05) is 18.1 Å². The molecule has 25 heavy (non-hydrogen) atoms. The van der Waals surface area contributed by atoms with Crippen LogP contribution >= 0.6 is 0 Å². The number of carbonyl (C=O) groups is 2. The number of aryl methyl sites for hydroxylation is 1. The lowest BCUT2D eigenvalue weighted by atomic mass is 10.0. The molecule has 2 N–H and O–H groups in total. The molecule has 0 bridgehead atoms. The topological polar surface area (TPSA) is 98.4 Å². The van der Waals surface area contributed by atoms with Gasteiger partial charge in [-0.15, -0.1) is 0 Å². The van der Waals surface area contributed by atoms with Crippen LogP contribution in [0, 0.1) is 0 Å². The highest BCUT2D eigenvalue weighted by molar-refractivity contribution is 5.91. The highest BCUT2D eigenvalue weighted by Crippen LogP contribution is 2.29. The molecular formula is C18H20N4O3. The Morgan fingerprint density at radius 3 is 2.80 bits per heavy atom. The normalized spacial score (nSPS) is 13.2. The first-order chi connectivity index (χ1) is 12.1. The summed E-state index contributed by atoms with van der Waals surface area (Å²) in [5, 5.41) is 0. The molecule has 3 rings (SSSR count). The van der Waals surface area contributed by atoms with Crippen LogP contribution < -0.4 is 10.6 Å². The van der Waals surface area contributed by atoms with E-state index in [-0.39, 0.29) is 12.4 Å². The number of carbonyl (C=O) groups excluding carboxylic acids is 2. The van der Waals surface area contributed by atoms with Gasteiger partial charge in [0.2, 0.25) is 0 Å². The molecule has 0 aromatic carbocycles. The minimum Gasteiger partial charge on any atom is -0.466 e. The fourth-order valence-electron chi connectivity index (χ4n) is 2.96. The molecule has 2 aromatic rings. The zero-order valence-corrected chi connectivity index (χ0v) is 14.1. The smallest absolute Gasteiger partial charge is 0.320 e. The number of hydrogen-bond acceptors (Lipinski definition) is 5. The van der Waals surface area contributed by atoms with Crippen LogP contribution in [0.3, 0.4) is 0 Å². The average molecular weight is 340 g/mol. The fourth-order valence-corrected chi connectivity index (χ4v) is 2.96. The molecule has 3 heterocycles. The Morgan fingerprint density at radius 1 is 1.24 bits per heavy atom. The molecule has 2 amide bonds. The van der Waals surface area contributed by atoms with Crippen LogP contribution in [0.25, 0.3) is 11.1 Å².